The minimum Gasteiger partial charge on any atom is -0.459 e. The quantitative estimate of drug-likeness (QED) is 0.683. The van der Waals surface area contributed by atoms with Gasteiger partial charge in [-0.05, 0) is 55.8 Å². The Morgan fingerprint density at radius 3 is 1.95 bits per heavy atom. The summed E-state index contributed by atoms with van der Waals surface area (Å²) >= 11 is 0. The molecule has 0 heterocycles. The minimum atomic E-state index is -0.281. The first-order valence-electron chi connectivity index (χ1n) is 8.18. The molecule has 116 valence electrons. The Balaban J connectivity index is 2.19. The number of ether oxygens (including phenoxy) is 1. The summed E-state index contributed by atoms with van der Waals surface area (Å²) in [6, 6.07) is 0. The van der Waals surface area contributed by atoms with Crippen LogP contribution in [0.2, 0.25) is 0 Å². The van der Waals surface area contributed by atoms with E-state index in [1.165, 1.54) is 12.8 Å². The predicted octanol–water partition coefficient (Wildman–Crippen LogP) is 4.96. The van der Waals surface area contributed by atoms with Crippen molar-refractivity contribution in [1.82, 2.24) is 0 Å². The third-order valence-corrected chi connectivity index (χ3v) is 6.06. The standard InChI is InChI=1S/C18H32O2/c1-13-16(5,6)18(13,12-15(2,3)4)14(19)20-17(7)10-8-9-11-17/h13H,8-12H2,1-7H3. The van der Waals surface area contributed by atoms with Crippen molar-refractivity contribution in [2.75, 3.05) is 0 Å². The van der Waals surface area contributed by atoms with E-state index in [1.54, 1.807) is 0 Å². The van der Waals surface area contributed by atoms with Crippen molar-refractivity contribution in [2.24, 2.45) is 22.2 Å². The maximum atomic E-state index is 13.0. The van der Waals surface area contributed by atoms with Crippen molar-refractivity contribution in [3.8, 4) is 0 Å². The Morgan fingerprint density at radius 1 is 1.15 bits per heavy atom. The fourth-order valence-electron chi connectivity index (χ4n) is 4.40. The molecule has 2 aliphatic carbocycles. The highest BCUT2D eigenvalue weighted by atomic mass is 16.6. The van der Waals surface area contributed by atoms with Gasteiger partial charge in [0.1, 0.15) is 5.60 Å². The van der Waals surface area contributed by atoms with E-state index >= 15 is 0 Å². The SMILES string of the molecule is CC1C(C)(C)C1(CC(C)(C)C)C(=O)OC1(C)CCCC1. The smallest absolute Gasteiger partial charge is 0.313 e. The van der Waals surface area contributed by atoms with E-state index in [0.717, 1.165) is 19.3 Å². The second-order valence-corrected chi connectivity index (χ2v) is 9.20. The molecular formula is C18H32O2. The first-order valence-corrected chi connectivity index (χ1v) is 8.18. The summed E-state index contributed by atoms with van der Waals surface area (Å²) in [5, 5.41) is 0. The van der Waals surface area contributed by atoms with Gasteiger partial charge in [-0.3, -0.25) is 4.79 Å². The number of hydrogen-bond acceptors (Lipinski definition) is 2. The van der Waals surface area contributed by atoms with Crippen LogP contribution in [0.1, 0.15) is 80.6 Å². The molecule has 0 saturated heterocycles. The summed E-state index contributed by atoms with van der Waals surface area (Å²) in [7, 11) is 0. The molecule has 2 saturated carbocycles. The van der Waals surface area contributed by atoms with Crippen LogP contribution in [0.5, 0.6) is 0 Å². The summed E-state index contributed by atoms with van der Waals surface area (Å²) in [5.74, 6) is 0.473. The number of carbonyl (C=O) groups excluding carboxylic acids is 1. The number of carbonyl (C=O) groups is 1. The fourth-order valence-corrected chi connectivity index (χ4v) is 4.40. The maximum Gasteiger partial charge on any atom is 0.313 e. The van der Waals surface area contributed by atoms with Crippen molar-refractivity contribution < 1.29 is 9.53 Å². The third kappa shape index (κ3) is 2.40. The lowest BCUT2D eigenvalue weighted by Gasteiger charge is -2.32. The van der Waals surface area contributed by atoms with E-state index in [9.17, 15) is 4.79 Å². The first-order chi connectivity index (χ1) is 8.95. The lowest BCUT2D eigenvalue weighted by molar-refractivity contribution is -0.168. The van der Waals surface area contributed by atoms with Gasteiger partial charge in [-0.1, -0.05) is 41.5 Å². The van der Waals surface area contributed by atoms with Crippen molar-refractivity contribution in [2.45, 2.75) is 86.2 Å². The van der Waals surface area contributed by atoms with Gasteiger partial charge in [0.2, 0.25) is 0 Å². The molecule has 0 amide bonds. The van der Waals surface area contributed by atoms with Crippen LogP contribution in [-0.2, 0) is 9.53 Å². The van der Waals surface area contributed by atoms with Crippen LogP contribution in [0.25, 0.3) is 0 Å². The van der Waals surface area contributed by atoms with E-state index in [-0.39, 0.29) is 27.8 Å². The minimum absolute atomic E-state index is 0.0618. The Hall–Kier alpha value is -0.530. The summed E-state index contributed by atoms with van der Waals surface area (Å²) in [6.45, 7) is 15.4. The molecule has 0 aliphatic heterocycles. The van der Waals surface area contributed by atoms with Gasteiger partial charge in [-0.2, -0.15) is 0 Å². The average Bonchev–Trinajstić information content (AvgIpc) is 2.65. The molecule has 2 heteroatoms. The first kappa shape index (κ1) is 15.9. The summed E-state index contributed by atoms with van der Waals surface area (Å²) < 4.78 is 6.04. The molecule has 0 bridgehead atoms. The zero-order chi connectivity index (χ0) is 15.4. The summed E-state index contributed by atoms with van der Waals surface area (Å²) in [4.78, 5) is 13.0. The van der Waals surface area contributed by atoms with Crippen molar-refractivity contribution in [3.63, 3.8) is 0 Å². The number of rotatable bonds is 3. The van der Waals surface area contributed by atoms with Gasteiger partial charge in [0.05, 0.1) is 5.41 Å². The van der Waals surface area contributed by atoms with Crippen LogP contribution in [-0.4, -0.2) is 11.6 Å². The lowest BCUT2D eigenvalue weighted by atomic mass is 9.78. The third-order valence-electron chi connectivity index (χ3n) is 6.06. The molecule has 0 aromatic carbocycles. The van der Waals surface area contributed by atoms with Crippen LogP contribution in [0.3, 0.4) is 0 Å². The highest BCUT2D eigenvalue weighted by molar-refractivity contribution is 5.83. The largest absolute Gasteiger partial charge is 0.459 e. The molecule has 0 aromatic rings. The fraction of sp³-hybridized carbons (Fsp3) is 0.944. The lowest BCUT2D eigenvalue weighted by Crippen LogP contribution is -2.36. The molecule has 2 fully saturated rings. The van der Waals surface area contributed by atoms with Crippen molar-refractivity contribution in [3.05, 3.63) is 0 Å². The molecule has 2 rings (SSSR count). The van der Waals surface area contributed by atoms with Crippen LogP contribution < -0.4 is 0 Å². The Kier molecular flexibility index (Phi) is 3.55. The molecule has 2 nitrogen and oxygen atoms in total. The molecule has 0 aromatic heterocycles. The van der Waals surface area contributed by atoms with Gasteiger partial charge in [0.25, 0.3) is 0 Å². The van der Waals surface area contributed by atoms with Crippen molar-refractivity contribution in [1.29, 1.82) is 0 Å². The topological polar surface area (TPSA) is 26.3 Å². The van der Waals surface area contributed by atoms with Gasteiger partial charge in [0.15, 0.2) is 0 Å². The molecule has 2 unspecified atom stereocenters. The average molecular weight is 280 g/mol. The Bertz CT molecular complexity index is 396. The van der Waals surface area contributed by atoms with Gasteiger partial charge < -0.3 is 4.74 Å². The van der Waals surface area contributed by atoms with Gasteiger partial charge in [-0.15, -0.1) is 0 Å². The zero-order valence-electron chi connectivity index (χ0n) is 14.4. The molecule has 2 aliphatic rings. The second-order valence-electron chi connectivity index (χ2n) is 9.20. The van der Waals surface area contributed by atoms with Crippen LogP contribution >= 0.6 is 0 Å². The summed E-state index contributed by atoms with van der Waals surface area (Å²) in [5.41, 5.74) is -0.277. The van der Waals surface area contributed by atoms with E-state index in [1.807, 2.05) is 0 Å². The summed E-state index contributed by atoms with van der Waals surface area (Å²) in [6.07, 6.45) is 5.35. The number of esters is 1. The monoisotopic (exact) mass is 280 g/mol. The Labute approximate surface area is 124 Å². The Morgan fingerprint density at radius 2 is 1.60 bits per heavy atom. The second kappa shape index (κ2) is 4.48. The van der Waals surface area contributed by atoms with Crippen LogP contribution in [0.4, 0.5) is 0 Å². The number of hydrogen-bond donors (Lipinski definition) is 0. The van der Waals surface area contributed by atoms with Crippen LogP contribution in [0, 0.1) is 22.2 Å². The predicted molar refractivity (Wildman–Crippen MR) is 82.4 cm³/mol. The van der Waals surface area contributed by atoms with Crippen LogP contribution in [0.15, 0.2) is 0 Å². The van der Waals surface area contributed by atoms with E-state index < -0.39 is 0 Å². The normalized spacial score (nSPS) is 34.9. The van der Waals surface area contributed by atoms with E-state index in [4.69, 9.17) is 4.74 Å². The molecule has 0 N–H and O–H groups in total. The molecule has 2 atom stereocenters. The van der Waals surface area contributed by atoms with Gasteiger partial charge in [-0.25, -0.2) is 0 Å². The molecule has 20 heavy (non-hydrogen) atoms. The molecule has 0 spiro atoms. The maximum absolute atomic E-state index is 13.0. The van der Waals surface area contributed by atoms with E-state index in [0.29, 0.717) is 5.92 Å². The van der Waals surface area contributed by atoms with Crippen molar-refractivity contribution >= 4 is 5.97 Å². The molecule has 0 radical (unpaired) electrons. The highest BCUT2D eigenvalue weighted by Gasteiger charge is 2.74. The van der Waals surface area contributed by atoms with Gasteiger partial charge in [0, 0.05) is 0 Å². The van der Waals surface area contributed by atoms with E-state index in [2.05, 4.69) is 48.5 Å². The zero-order valence-corrected chi connectivity index (χ0v) is 14.4. The highest BCUT2D eigenvalue weighted by Crippen LogP contribution is 2.73. The molecular weight excluding hydrogens is 248 g/mol. The van der Waals surface area contributed by atoms with Gasteiger partial charge >= 0.3 is 5.97 Å².